The van der Waals surface area contributed by atoms with Gasteiger partial charge in [0.05, 0.1) is 16.7 Å². The fraction of sp³-hybridized carbons (Fsp3) is 0.692. The highest BCUT2D eigenvalue weighted by Crippen LogP contribution is 2.39. The van der Waals surface area contributed by atoms with Gasteiger partial charge < -0.3 is 15.1 Å². The molecule has 5 nitrogen and oxygen atoms in total. The number of nitrogens with zero attached hydrogens (tertiary/aromatic N) is 1. The van der Waals surface area contributed by atoms with Gasteiger partial charge in [-0.1, -0.05) is 31.6 Å². The standard InChI is InChI=1S/C26H35NO4S/c1-17-6-9-19(10-7-17)25(29)27(20-11-13-21(28)14-12-20)23-16-22(32-24(23)26(30)31)15-8-18-4-2-3-5-18/h16-21,28H,2-7,9-14H2,1H3,(H,30,31)/t17-,19-,20-,21-. The van der Waals surface area contributed by atoms with Crippen molar-refractivity contribution in [3.63, 3.8) is 0 Å². The molecule has 3 aliphatic carbocycles. The lowest BCUT2D eigenvalue weighted by atomic mass is 9.81. The van der Waals surface area contributed by atoms with Gasteiger partial charge in [0.2, 0.25) is 5.91 Å². The van der Waals surface area contributed by atoms with Gasteiger partial charge in [-0.3, -0.25) is 4.79 Å². The number of aliphatic hydroxyl groups is 1. The first-order chi connectivity index (χ1) is 15.4. The number of carboxylic acid groups (broad SMARTS) is 1. The van der Waals surface area contributed by atoms with E-state index in [1.165, 1.54) is 24.2 Å². The molecule has 0 unspecified atom stereocenters. The Bertz CT molecular complexity index is 875. The number of carbonyl (C=O) groups is 2. The molecule has 0 spiro atoms. The van der Waals surface area contributed by atoms with Crippen LogP contribution >= 0.6 is 11.3 Å². The predicted octanol–water partition coefficient (Wildman–Crippen LogP) is 5.45. The first kappa shape index (κ1) is 23.3. The molecule has 0 saturated heterocycles. The van der Waals surface area contributed by atoms with Crippen molar-refractivity contribution in [2.24, 2.45) is 17.8 Å². The smallest absolute Gasteiger partial charge is 0.348 e. The minimum Gasteiger partial charge on any atom is -0.477 e. The van der Waals surface area contributed by atoms with Crippen LogP contribution in [0.3, 0.4) is 0 Å². The average molecular weight is 458 g/mol. The molecular formula is C26H35NO4S. The second kappa shape index (κ2) is 10.4. The number of thiophene rings is 1. The largest absolute Gasteiger partial charge is 0.477 e. The Labute approximate surface area is 195 Å². The molecule has 0 aliphatic heterocycles. The maximum Gasteiger partial charge on any atom is 0.348 e. The molecule has 0 bridgehead atoms. The highest BCUT2D eigenvalue weighted by atomic mass is 32.1. The summed E-state index contributed by atoms with van der Waals surface area (Å²) in [6, 6.07) is 1.78. The van der Waals surface area contributed by atoms with E-state index in [0.717, 1.165) is 43.4 Å². The van der Waals surface area contributed by atoms with Gasteiger partial charge >= 0.3 is 5.97 Å². The molecule has 3 aliphatic rings. The van der Waals surface area contributed by atoms with Crippen LogP contribution in [0.5, 0.6) is 0 Å². The molecule has 1 aromatic rings. The molecule has 3 saturated carbocycles. The summed E-state index contributed by atoms with van der Waals surface area (Å²) < 4.78 is 0. The Morgan fingerprint density at radius 1 is 1.00 bits per heavy atom. The maximum atomic E-state index is 13.8. The third kappa shape index (κ3) is 5.38. The van der Waals surface area contributed by atoms with E-state index < -0.39 is 5.97 Å². The highest BCUT2D eigenvalue weighted by molar-refractivity contribution is 7.15. The topological polar surface area (TPSA) is 77.8 Å². The maximum absolute atomic E-state index is 13.8. The number of aliphatic hydroxyl groups excluding tert-OH is 1. The van der Waals surface area contributed by atoms with Gasteiger partial charge in [0.15, 0.2) is 0 Å². The highest BCUT2D eigenvalue weighted by Gasteiger charge is 2.37. The van der Waals surface area contributed by atoms with Gasteiger partial charge in [-0.25, -0.2) is 4.79 Å². The quantitative estimate of drug-likeness (QED) is 0.589. The van der Waals surface area contributed by atoms with Gasteiger partial charge in [0, 0.05) is 17.9 Å². The molecule has 1 heterocycles. The van der Waals surface area contributed by atoms with E-state index in [1.54, 1.807) is 4.90 Å². The van der Waals surface area contributed by atoms with Gasteiger partial charge in [-0.2, -0.15) is 0 Å². The normalized spacial score (nSPS) is 28.7. The number of aromatic carboxylic acids is 1. The second-order valence-electron chi connectivity index (χ2n) is 10.0. The van der Waals surface area contributed by atoms with Crippen LogP contribution in [0.4, 0.5) is 5.69 Å². The van der Waals surface area contributed by atoms with Crippen LogP contribution < -0.4 is 4.90 Å². The van der Waals surface area contributed by atoms with E-state index in [1.807, 2.05) is 6.07 Å². The van der Waals surface area contributed by atoms with Gasteiger partial charge in [-0.15, -0.1) is 11.3 Å². The van der Waals surface area contributed by atoms with Crippen molar-refractivity contribution in [2.75, 3.05) is 4.90 Å². The number of hydrogen-bond donors (Lipinski definition) is 2. The third-order valence-electron chi connectivity index (χ3n) is 7.55. The number of rotatable bonds is 4. The Balaban J connectivity index is 1.66. The summed E-state index contributed by atoms with van der Waals surface area (Å²) in [6.45, 7) is 2.23. The first-order valence-corrected chi connectivity index (χ1v) is 13.1. The summed E-state index contributed by atoms with van der Waals surface area (Å²) in [5.41, 5.74) is 0.517. The van der Waals surface area contributed by atoms with Crippen molar-refractivity contribution in [3.05, 3.63) is 15.8 Å². The van der Waals surface area contributed by atoms with E-state index in [4.69, 9.17) is 0 Å². The minimum atomic E-state index is -0.996. The zero-order valence-electron chi connectivity index (χ0n) is 19.0. The molecule has 32 heavy (non-hydrogen) atoms. The SMILES string of the molecule is C[C@H]1CC[C@H](C(=O)N(c2cc(C#CC3CCCC3)sc2C(=O)O)[C@H]2CC[C@H](O)CC2)CC1. The molecular weight excluding hydrogens is 422 g/mol. The molecule has 3 fully saturated rings. The molecule has 174 valence electrons. The van der Waals surface area contributed by atoms with Crippen LogP contribution in [0, 0.1) is 29.6 Å². The summed E-state index contributed by atoms with van der Waals surface area (Å²) in [5, 5.41) is 20.0. The van der Waals surface area contributed by atoms with Gasteiger partial charge in [0.25, 0.3) is 0 Å². The lowest BCUT2D eigenvalue weighted by molar-refractivity contribution is -0.124. The van der Waals surface area contributed by atoms with E-state index >= 15 is 0 Å². The van der Waals surface area contributed by atoms with E-state index in [9.17, 15) is 19.8 Å². The van der Waals surface area contributed by atoms with Crippen molar-refractivity contribution in [3.8, 4) is 11.8 Å². The molecule has 2 N–H and O–H groups in total. The fourth-order valence-electron chi connectivity index (χ4n) is 5.53. The third-order valence-corrected chi connectivity index (χ3v) is 8.58. The molecule has 1 amide bonds. The Kier molecular flexibility index (Phi) is 7.58. The number of carboxylic acids is 1. The molecule has 1 aromatic heterocycles. The number of anilines is 1. The summed E-state index contributed by atoms with van der Waals surface area (Å²) in [4.78, 5) is 28.7. The number of amides is 1. The van der Waals surface area contributed by atoms with Crippen LogP contribution in [-0.4, -0.2) is 34.2 Å². The minimum absolute atomic E-state index is 0.0485. The average Bonchev–Trinajstić information content (AvgIpc) is 3.44. The molecule has 4 rings (SSSR count). The van der Waals surface area contributed by atoms with Crippen LogP contribution in [-0.2, 0) is 4.79 Å². The van der Waals surface area contributed by atoms with E-state index in [-0.39, 0.29) is 28.8 Å². The van der Waals surface area contributed by atoms with Crippen molar-refractivity contribution in [1.82, 2.24) is 0 Å². The van der Waals surface area contributed by atoms with Crippen LogP contribution in [0.15, 0.2) is 6.07 Å². The van der Waals surface area contributed by atoms with Crippen molar-refractivity contribution in [2.45, 2.75) is 96.1 Å². The van der Waals surface area contributed by atoms with Gasteiger partial charge in [0.1, 0.15) is 4.88 Å². The first-order valence-electron chi connectivity index (χ1n) is 12.3. The summed E-state index contributed by atoms with van der Waals surface area (Å²) >= 11 is 1.19. The fourth-order valence-corrected chi connectivity index (χ4v) is 6.38. The summed E-state index contributed by atoms with van der Waals surface area (Å²) in [5.74, 6) is 6.61. The van der Waals surface area contributed by atoms with Gasteiger partial charge in [-0.05, 0) is 76.2 Å². The lowest BCUT2D eigenvalue weighted by Crippen LogP contribution is -2.47. The Morgan fingerprint density at radius 3 is 2.28 bits per heavy atom. The van der Waals surface area contributed by atoms with Crippen molar-refractivity contribution in [1.29, 1.82) is 0 Å². The lowest BCUT2D eigenvalue weighted by Gasteiger charge is -2.38. The zero-order valence-corrected chi connectivity index (χ0v) is 19.8. The van der Waals surface area contributed by atoms with Crippen molar-refractivity contribution >= 4 is 28.9 Å². The van der Waals surface area contributed by atoms with E-state index in [0.29, 0.717) is 43.2 Å². The van der Waals surface area contributed by atoms with Crippen LogP contribution in [0.25, 0.3) is 0 Å². The molecule has 0 aromatic carbocycles. The Hall–Kier alpha value is -1.84. The predicted molar refractivity (Wildman–Crippen MR) is 127 cm³/mol. The number of hydrogen-bond acceptors (Lipinski definition) is 4. The number of carbonyl (C=O) groups excluding carboxylic acids is 1. The molecule has 6 heteroatoms. The molecule has 0 atom stereocenters. The second-order valence-corrected chi connectivity index (χ2v) is 11.1. The van der Waals surface area contributed by atoms with E-state index in [2.05, 4.69) is 18.8 Å². The Morgan fingerprint density at radius 2 is 1.66 bits per heavy atom. The summed E-state index contributed by atoms with van der Waals surface area (Å²) in [6.07, 6.45) is 10.9. The zero-order chi connectivity index (χ0) is 22.7. The molecule has 0 radical (unpaired) electrons. The van der Waals surface area contributed by atoms with Crippen LogP contribution in [0.1, 0.15) is 98.5 Å². The monoisotopic (exact) mass is 457 g/mol. The van der Waals surface area contributed by atoms with Crippen LogP contribution in [0.2, 0.25) is 0 Å². The van der Waals surface area contributed by atoms with Crippen molar-refractivity contribution < 1.29 is 19.8 Å². The summed E-state index contributed by atoms with van der Waals surface area (Å²) in [7, 11) is 0.